The molecule has 0 unspecified atom stereocenters. The second kappa shape index (κ2) is 7.48. The molecule has 1 N–H and O–H groups in total. The first-order valence-corrected chi connectivity index (χ1v) is 11.5. The predicted octanol–water partition coefficient (Wildman–Crippen LogP) is 1.73. The Kier molecular flexibility index (Phi) is 5.55. The van der Waals surface area contributed by atoms with Crippen LogP contribution >= 0.6 is 0 Å². The van der Waals surface area contributed by atoms with Crippen molar-refractivity contribution in [2.75, 3.05) is 24.2 Å². The molecule has 3 rings (SSSR count). The fourth-order valence-corrected chi connectivity index (χ4v) is 4.99. The van der Waals surface area contributed by atoms with E-state index in [1.54, 1.807) is 6.92 Å². The molecular weight excluding hydrogens is 378 g/mol. The maximum atomic E-state index is 13.3. The number of hydrogen-bond donors (Lipinski definition) is 1. The third-order valence-corrected chi connectivity index (χ3v) is 7.20. The lowest BCUT2D eigenvalue weighted by Crippen LogP contribution is -2.70. The summed E-state index contributed by atoms with van der Waals surface area (Å²) >= 11 is 0. The van der Waals surface area contributed by atoms with Crippen molar-refractivity contribution in [3.05, 3.63) is 29.3 Å². The van der Waals surface area contributed by atoms with Crippen LogP contribution in [0.4, 0.5) is 5.69 Å². The topological polar surface area (TPSA) is 86.8 Å². The maximum absolute atomic E-state index is 13.3. The van der Waals surface area contributed by atoms with E-state index in [1.807, 2.05) is 32.0 Å². The number of nitrogens with one attached hydrogen (secondary N) is 1. The van der Waals surface area contributed by atoms with E-state index in [9.17, 15) is 18.0 Å². The van der Waals surface area contributed by atoms with Crippen molar-refractivity contribution in [1.82, 2.24) is 9.62 Å². The highest BCUT2D eigenvalue weighted by Crippen LogP contribution is 2.34. The number of hydrogen-bond acceptors (Lipinski definition) is 4. The van der Waals surface area contributed by atoms with Gasteiger partial charge in [0.25, 0.3) is 0 Å². The standard InChI is InChI=1S/C20H29N3O4S/c1-14-8-7-11-17(15(14)2)23-18(24)12-22(28(4,26)27)13-20(23,3)19(25)21-16-9-5-6-10-16/h7-8,11,16H,5-6,9-10,12-13H2,1-4H3,(H,21,25)/t20-/m1/s1. The van der Waals surface area contributed by atoms with Gasteiger partial charge in [-0.2, -0.15) is 4.31 Å². The fraction of sp³-hybridized carbons (Fsp3) is 0.600. The Morgan fingerprint density at radius 2 is 1.86 bits per heavy atom. The van der Waals surface area contributed by atoms with E-state index >= 15 is 0 Å². The molecule has 1 aliphatic heterocycles. The molecule has 1 saturated heterocycles. The number of anilines is 1. The molecule has 0 bridgehead atoms. The zero-order chi connectivity index (χ0) is 20.7. The minimum absolute atomic E-state index is 0.0660. The van der Waals surface area contributed by atoms with Crippen LogP contribution < -0.4 is 10.2 Å². The zero-order valence-corrected chi connectivity index (χ0v) is 17.8. The van der Waals surface area contributed by atoms with Crippen molar-refractivity contribution >= 4 is 27.5 Å². The van der Waals surface area contributed by atoms with Gasteiger partial charge in [0.2, 0.25) is 21.8 Å². The molecule has 8 heteroatoms. The SMILES string of the molecule is Cc1cccc(N2C(=O)CN(S(C)(=O)=O)C[C@]2(C)C(=O)NC2CCCC2)c1C. The normalized spacial score (nSPS) is 24.6. The lowest BCUT2D eigenvalue weighted by Gasteiger charge is -2.47. The highest BCUT2D eigenvalue weighted by atomic mass is 32.2. The Hall–Kier alpha value is -1.93. The van der Waals surface area contributed by atoms with Crippen LogP contribution in [0.2, 0.25) is 0 Å². The van der Waals surface area contributed by atoms with E-state index in [-0.39, 0.29) is 25.0 Å². The summed E-state index contributed by atoms with van der Waals surface area (Å²) in [5.41, 5.74) is 1.25. The number of aryl methyl sites for hydroxylation is 1. The number of amides is 2. The fourth-order valence-electron chi connectivity index (χ4n) is 4.16. The van der Waals surface area contributed by atoms with Crippen molar-refractivity contribution in [3.63, 3.8) is 0 Å². The average molecular weight is 408 g/mol. The predicted molar refractivity (Wildman–Crippen MR) is 109 cm³/mol. The first kappa shape index (κ1) is 20.8. The van der Waals surface area contributed by atoms with Gasteiger partial charge < -0.3 is 5.32 Å². The highest BCUT2D eigenvalue weighted by Gasteiger charge is 2.51. The Morgan fingerprint density at radius 1 is 1.21 bits per heavy atom. The van der Waals surface area contributed by atoms with Crippen LogP contribution in [-0.2, 0) is 19.6 Å². The number of rotatable bonds is 4. The molecule has 0 aromatic heterocycles. The van der Waals surface area contributed by atoms with Gasteiger partial charge in [0, 0.05) is 18.3 Å². The summed E-state index contributed by atoms with van der Waals surface area (Å²) in [6, 6.07) is 5.69. The van der Waals surface area contributed by atoms with Gasteiger partial charge in [0.15, 0.2) is 0 Å². The number of nitrogens with zero attached hydrogens (tertiary/aromatic N) is 2. The van der Waals surface area contributed by atoms with Gasteiger partial charge in [-0.1, -0.05) is 25.0 Å². The molecule has 7 nitrogen and oxygen atoms in total. The smallest absolute Gasteiger partial charge is 0.247 e. The van der Waals surface area contributed by atoms with Crippen LogP contribution in [0.25, 0.3) is 0 Å². The van der Waals surface area contributed by atoms with Crippen molar-refractivity contribution in [2.45, 2.75) is 58.0 Å². The number of carbonyl (C=O) groups excluding carboxylic acids is 2. The Labute approximate surface area is 167 Å². The van der Waals surface area contributed by atoms with E-state index in [2.05, 4.69) is 5.32 Å². The van der Waals surface area contributed by atoms with Crippen LogP contribution in [0.1, 0.15) is 43.7 Å². The van der Waals surface area contributed by atoms with E-state index in [4.69, 9.17) is 0 Å². The van der Waals surface area contributed by atoms with Crippen molar-refractivity contribution in [2.24, 2.45) is 0 Å². The molecule has 2 amide bonds. The first-order chi connectivity index (χ1) is 13.0. The summed E-state index contributed by atoms with van der Waals surface area (Å²) < 4.78 is 25.5. The van der Waals surface area contributed by atoms with Gasteiger partial charge in [-0.3, -0.25) is 14.5 Å². The summed E-state index contributed by atoms with van der Waals surface area (Å²) in [4.78, 5) is 28.0. The lowest BCUT2D eigenvalue weighted by molar-refractivity contribution is -0.133. The quantitative estimate of drug-likeness (QED) is 0.824. The van der Waals surface area contributed by atoms with Crippen molar-refractivity contribution in [1.29, 1.82) is 0 Å². The molecule has 1 saturated carbocycles. The van der Waals surface area contributed by atoms with Gasteiger partial charge >= 0.3 is 0 Å². The number of carbonyl (C=O) groups is 2. The molecular formula is C20H29N3O4S. The number of benzene rings is 1. The van der Waals surface area contributed by atoms with E-state index in [0.717, 1.165) is 47.4 Å². The van der Waals surface area contributed by atoms with Crippen LogP contribution in [-0.4, -0.2) is 55.5 Å². The van der Waals surface area contributed by atoms with Gasteiger partial charge in [0.05, 0.1) is 12.8 Å². The molecule has 28 heavy (non-hydrogen) atoms. The Balaban J connectivity index is 2.05. The summed E-state index contributed by atoms with van der Waals surface area (Å²) in [7, 11) is -3.61. The molecule has 1 heterocycles. The van der Waals surface area contributed by atoms with Crippen molar-refractivity contribution in [3.8, 4) is 0 Å². The van der Waals surface area contributed by atoms with Gasteiger partial charge in [-0.05, 0) is 50.8 Å². The van der Waals surface area contributed by atoms with Crippen LogP contribution in [0.15, 0.2) is 18.2 Å². The third kappa shape index (κ3) is 3.80. The Bertz CT molecular complexity index is 893. The van der Waals surface area contributed by atoms with Gasteiger partial charge in [-0.25, -0.2) is 8.42 Å². The van der Waals surface area contributed by atoms with E-state index in [0.29, 0.717) is 5.69 Å². The molecule has 2 aliphatic rings. The minimum atomic E-state index is -3.61. The molecule has 0 radical (unpaired) electrons. The highest BCUT2D eigenvalue weighted by molar-refractivity contribution is 7.88. The summed E-state index contributed by atoms with van der Waals surface area (Å²) in [5.74, 6) is -0.698. The van der Waals surface area contributed by atoms with E-state index < -0.39 is 21.5 Å². The van der Waals surface area contributed by atoms with Crippen LogP contribution in [0, 0.1) is 13.8 Å². The molecule has 1 aromatic carbocycles. The van der Waals surface area contributed by atoms with Gasteiger partial charge in [0.1, 0.15) is 5.54 Å². The molecule has 1 aliphatic carbocycles. The van der Waals surface area contributed by atoms with Crippen LogP contribution in [0.5, 0.6) is 0 Å². The summed E-state index contributed by atoms with van der Waals surface area (Å²) in [6.07, 6.45) is 5.03. The Morgan fingerprint density at radius 3 is 2.46 bits per heavy atom. The minimum Gasteiger partial charge on any atom is -0.351 e. The largest absolute Gasteiger partial charge is 0.351 e. The first-order valence-electron chi connectivity index (χ1n) is 9.69. The monoisotopic (exact) mass is 407 g/mol. The summed E-state index contributed by atoms with van der Waals surface area (Å²) in [5, 5.41) is 3.06. The average Bonchev–Trinajstić information content (AvgIpc) is 3.10. The third-order valence-electron chi connectivity index (χ3n) is 6.00. The number of piperazine rings is 1. The second-order valence-electron chi connectivity index (χ2n) is 8.21. The summed E-state index contributed by atoms with van der Waals surface area (Å²) in [6.45, 7) is 5.19. The van der Waals surface area contributed by atoms with Crippen molar-refractivity contribution < 1.29 is 18.0 Å². The lowest BCUT2D eigenvalue weighted by atomic mass is 9.92. The number of sulfonamides is 1. The second-order valence-corrected chi connectivity index (χ2v) is 10.2. The maximum Gasteiger partial charge on any atom is 0.247 e. The molecule has 154 valence electrons. The van der Waals surface area contributed by atoms with Crippen LogP contribution in [0.3, 0.4) is 0 Å². The van der Waals surface area contributed by atoms with E-state index in [1.165, 1.54) is 4.90 Å². The molecule has 1 aromatic rings. The molecule has 0 spiro atoms. The molecule has 1 atom stereocenters. The van der Waals surface area contributed by atoms with Gasteiger partial charge in [-0.15, -0.1) is 0 Å². The molecule has 2 fully saturated rings. The zero-order valence-electron chi connectivity index (χ0n) is 17.0.